The van der Waals surface area contributed by atoms with E-state index in [0.717, 1.165) is 11.0 Å². The number of aryl methyl sites for hydroxylation is 2. The van der Waals surface area contributed by atoms with Gasteiger partial charge in [-0.15, -0.1) is 0 Å². The largest absolute Gasteiger partial charge is 0.333 e. The molecule has 31 heavy (non-hydrogen) atoms. The first kappa shape index (κ1) is 21.3. The highest BCUT2D eigenvalue weighted by atomic mass is 19.1. The highest BCUT2D eigenvalue weighted by Gasteiger charge is 2.33. The summed E-state index contributed by atoms with van der Waals surface area (Å²) in [6, 6.07) is 12.3. The van der Waals surface area contributed by atoms with E-state index < -0.39 is 0 Å². The van der Waals surface area contributed by atoms with Crippen molar-refractivity contribution >= 4 is 16.9 Å². The maximum absolute atomic E-state index is 14.1. The molecule has 3 aromatic rings. The SMILES string of the molecule is CC(C)[C@H]1CN(Cc2ccccc2F)CCN1C(=O)c1ccc2c(c1)n(C)c(=O)n2C. The van der Waals surface area contributed by atoms with Crippen LogP contribution in [0.1, 0.15) is 29.8 Å². The Bertz CT molecular complexity index is 1180. The number of hydrogen-bond acceptors (Lipinski definition) is 3. The molecular formula is C24H29FN4O2. The summed E-state index contributed by atoms with van der Waals surface area (Å²) in [7, 11) is 3.45. The zero-order valence-corrected chi connectivity index (χ0v) is 18.5. The number of benzene rings is 2. The molecule has 1 amide bonds. The van der Waals surface area contributed by atoms with Crippen LogP contribution in [0.3, 0.4) is 0 Å². The Hall–Kier alpha value is -2.93. The smallest absolute Gasteiger partial charge is 0.328 e. The van der Waals surface area contributed by atoms with E-state index >= 15 is 0 Å². The molecule has 1 aliphatic rings. The van der Waals surface area contributed by atoms with Crippen LogP contribution in [0.4, 0.5) is 4.39 Å². The van der Waals surface area contributed by atoms with Crippen LogP contribution in [-0.2, 0) is 20.6 Å². The molecule has 4 rings (SSSR count). The number of piperazine rings is 1. The van der Waals surface area contributed by atoms with Gasteiger partial charge < -0.3 is 4.90 Å². The summed E-state index contributed by atoms with van der Waals surface area (Å²) in [6.07, 6.45) is 0. The van der Waals surface area contributed by atoms with E-state index in [2.05, 4.69) is 18.7 Å². The minimum Gasteiger partial charge on any atom is -0.333 e. The molecule has 0 unspecified atom stereocenters. The predicted octanol–water partition coefficient (Wildman–Crippen LogP) is 3.00. The van der Waals surface area contributed by atoms with Crippen LogP contribution in [0.15, 0.2) is 47.3 Å². The van der Waals surface area contributed by atoms with E-state index in [-0.39, 0.29) is 29.4 Å². The molecule has 2 heterocycles. The molecule has 1 atom stereocenters. The van der Waals surface area contributed by atoms with Crippen LogP contribution in [0.2, 0.25) is 0 Å². The van der Waals surface area contributed by atoms with Crippen LogP contribution < -0.4 is 5.69 Å². The molecular weight excluding hydrogens is 395 g/mol. The highest BCUT2D eigenvalue weighted by molar-refractivity contribution is 5.97. The maximum atomic E-state index is 14.1. The molecule has 0 aliphatic carbocycles. The summed E-state index contributed by atoms with van der Waals surface area (Å²) in [5.74, 6) is 0.0449. The summed E-state index contributed by atoms with van der Waals surface area (Å²) in [5.41, 5.74) is 2.71. The van der Waals surface area contributed by atoms with Gasteiger partial charge in [-0.05, 0) is 30.2 Å². The van der Waals surface area contributed by atoms with Crippen LogP contribution in [0, 0.1) is 11.7 Å². The van der Waals surface area contributed by atoms with Crippen LogP contribution >= 0.6 is 0 Å². The van der Waals surface area contributed by atoms with Crippen molar-refractivity contribution in [2.45, 2.75) is 26.4 Å². The molecule has 164 valence electrons. The third kappa shape index (κ3) is 3.90. The Morgan fingerprint density at radius 1 is 1.06 bits per heavy atom. The van der Waals surface area contributed by atoms with Crippen molar-refractivity contribution in [1.82, 2.24) is 18.9 Å². The van der Waals surface area contributed by atoms with Gasteiger partial charge in [0.05, 0.1) is 11.0 Å². The van der Waals surface area contributed by atoms with Gasteiger partial charge in [0, 0.05) is 57.4 Å². The third-order valence-corrected chi connectivity index (χ3v) is 6.40. The minimum atomic E-state index is -0.191. The fourth-order valence-corrected chi connectivity index (χ4v) is 4.51. The summed E-state index contributed by atoms with van der Waals surface area (Å²) in [5, 5.41) is 0. The van der Waals surface area contributed by atoms with E-state index in [9.17, 15) is 14.0 Å². The maximum Gasteiger partial charge on any atom is 0.328 e. The van der Waals surface area contributed by atoms with Gasteiger partial charge in [-0.25, -0.2) is 9.18 Å². The van der Waals surface area contributed by atoms with Gasteiger partial charge in [0.25, 0.3) is 5.91 Å². The fourth-order valence-electron chi connectivity index (χ4n) is 4.51. The van der Waals surface area contributed by atoms with Gasteiger partial charge in [0.2, 0.25) is 0 Å². The normalized spacial score (nSPS) is 17.6. The summed E-state index contributed by atoms with van der Waals surface area (Å²) >= 11 is 0. The van der Waals surface area contributed by atoms with Crippen LogP contribution in [0.5, 0.6) is 0 Å². The molecule has 7 heteroatoms. The molecule has 6 nitrogen and oxygen atoms in total. The van der Waals surface area contributed by atoms with Crippen molar-refractivity contribution in [3.8, 4) is 0 Å². The Morgan fingerprint density at radius 2 is 1.77 bits per heavy atom. The molecule has 0 spiro atoms. The second kappa shape index (κ2) is 8.30. The first-order valence-electron chi connectivity index (χ1n) is 10.7. The summed E-state index contributed by atoms with van der Waals surface area (Å²) in [4.78, 5) is 29.8. The molecule has 1 fully saturated rings. The third-order valence-electron chi connectivity index (χ3n) is 6.40. The first-order chi connectivity index (χ1) is 14.8. The lowest BCUT2D eigenvalue weighted by molar-refractivity contribution is 0.0326. The molecule has 2 aromatic carbocycles. The molecule has 1 aromatic heterocycles. The Balaban J connectivity index is 1.57. The number of amides is 1. The number of nitrogens with zero attached hydrogens (tertiary/aromatic N) is 4. The highest BCUT2D eigenvalue weighted by Crippen LogP contribution is 2.23. The van der Waals surface area contributed by atoms with E-state index in [4.69, 9.17) is 0 Å². The Morgan fingerprint density at radius 3 is 2.48 bits per heavy atom. The number of carbonyl (C=O) groups is 1. The quantitative estimate of drug-likeness (QED) is 0.647. The van der Waals surface area contributed by atoms with E-state index in [1.807, 2.05) is 29.2 Å². The average molecular weight is 425 g/mol. The molecule has 0 radical (unpaired) electrons. The van der Waals surface area contributed by atoms with Gasteiger partial charge in [-0.3, -0.25) is 18.8 Å². The zero-order valence-electron chi connectivity index (χ0n) is 18.5. The van der Waals surface area contributed by atoms with Crippen LogP contribution in [-0.4, -0.2) is 50.5 Å². The minimum absolute atomic E-state index is 0.0255. The topological polar surface area (TPSA) is 50.5 Å². The number of hydrogen-bond donors (Lipinski definition) is 0. The second-order valence-electron chi connectivity index (χ2n) is 8.74. The monoisotopic (exact) mass is 424 g/mol. The summed E-state index contributed by atoms with van der Waals surface area (Å²) in [6.45, 7) is 6.74. The van der Waals surface area contributed by atoms with Gasteiger partial charge in [-0.2, -0.15) is 0 Å². The number of fused-ring (bicyclic) bond motifs is 1. The number of rotatable bonds is 4. The molecule has 1 aliphatic heterocycles. The van der Waals surface area contributed by atoms with E-state index in [0.29, 0.717) is 37.3 Å². The van der Waals surface area contributed by atoms with Crippen molar-refractivity contribution in [2.75, 3.05) is 19.6 Å². The van der Waals surface area contributed by atoms with Crippen LogP contribution in [0.25, 0.3) is 11.0 Å². The fraction of sp³-hybridized carbons (Fsp3) is 0.417. The molecule has 1 saturated heterocycles. The van der Waals surface area contributed by atoms with Crippen molar-refractivity contribution in [1.29, 1.82) is 0 Å². The van der Waals surface area contributed by atoms with Gasteiger partial charge in [-0.1, -0.05) is 32.0 Å². The Kier molecular flexibility index (Phi) is 5.71. The van der Waals surface area contributed by atoms with Crippen molar-refractivity contribution in [3.05, 3.63) is 69.9 Å². The standard InChI is InChI=1S/C24H29FN4O2/c1-16(2)22-15-28(14-18-7-5-6-8-19(18)25)11-12-29(22)23(30)17-9-10-20-21(13-17)27(4)24(31)26(20)3/h5-10,13,16,22H,11-12,14-15H2,1-4H3/t22-/m1/s1. The van der Waals surface area contributed by atoms with E-state index in [1.54, 1.807) is 35.4 Å². The number of imidazole rings is 1. The van der Waals surface area contributed by atoms with Crippen molar-refractivity contribution in [2.24, 2.45) is 20.0 Å². The van der Waals surface area contributed by atoms with Crippen molar-refractivity contribution in [3.63, 3.8) is 0 Å². The molecule has 0 saturated carbocycles. The summed E-state index contributed by atoms with van der Waals surface area (Å²) < 4.78 is 17.3. The lowest BCUT2D eigenvalue weighted by Gasteiger charge is -2.43. The van der Waals surface area contributed by atoms with Gasteiger partial charge >= 0.3 is 5.69 Å². The number of carbonyl (C=O) groups excluding carboxylic acids is 1. The average Bonchev–Trinajstić information content (AvgIpc) is 2.98. The Labute approximate surface area is 181 Å². The predicted molar refractivity (Wildman–Crippen MR) is 119 cm³/mol. The number of halogens is 1. The van der Waals surface area contributed by atoms with Gasteiger partial charge in [0.15, 0.2) is 0 Å². The lowest BCUT2D eigenvalue weighted by Crippen LogP contribution is -2.56. The lowest BCUT2D eigenvalue weighted by atomic mass is 9.97. The van der Waals surface area contributed by atoms with Crippen molar-refractivity contribution < 1.29 is 9.18 Å². The molecule has 0 N–H and O–H groups in total. The van der Waals surface area contributed by atoms with Gasteiger partial charge in [0.1, 0.15) is 5.82 Å². The zero-order chi connectivity index (χ0) is 22.3. The molecule has 0 bridgehead atoms. The number of aromatic nitrogens is 2. The first-order valence-corrected chi connectivity index (χ1v) is 10.7. The van der Waals surface area contributed by atoms with E-state index in [1.165, 1.54) is 6.07 Å². The second-order valence-corrected chi connectivity index (χ2v) is 8.74.